The zero-order valence-electron chi connectivity index (χ0n) is 16.1. The highest BCUT2D eigenvalue weighted by Gasteiger charge is 2.69. The second-order valence-electron chi connectivity index (χ2n) is 9.93. The maximum atomic E-state index is 11.9. The Labute approximate surface area is 159 Å². The molecule has 0 amide bonds. The van der Waals surface area contributed by atoms with E-state index in [1.54, 1.807) is 6.08 Å². The van der Waals surface area contributed by atoms with Crippen LogP contribution in [0.2, 0.25) is 0 Å². The second kappa shape index (κ2) is 6.10. The molecule has 0 bridgehead atoms. The Morgan fingerprint density at radius 3 is 2.59 bits per heavy atom. The highest BCUT2D eigenvalue weighted by Crippen LogP contribution is 2.67. The van der Waals surface area contributed by atoms with Crippen molar-refractivity contribution in [3.8, 4) is 0 Å². The molecule has 0 aliphatic heterocycles. The number of hydrogen-bond acceptors (Lipinski definition) is 6. The molecule has 0 radical (unpaired) electrons. The first-order valence-corrected chi connectivity index (χ1v) is 10.2. The smallest absolute Gasteiger partial charge is 0.155 e. The van der Waals surface area contributed by atoms with Gasteiger partial charge in [-0.2, -0.15) is 0 Å². The number of allylic oxidation sites excluding steroid dienone is 2. The third kappa shape index (κ3) is 2.40. The first-order valence-electron chi connectivity index (χ1n) is 10.2. The Bertz CT molecular complexity index is 663. The van der Waals surface area contributed by atoms with E-state index in [4.69, 9.17) is 0 Å². The molecule has 0 aromatic heterocycles. The molecule has 3 fully saturated rings. The van der Waals surface area contributed by atoms with Gasteiger partial charge >= 0.3 is 0 Å². The number of rotatable bonds is 2. The lowest BCUT2D eigenvalue weighted by molar-refractivity contribution is -0.223. The zero-order chi connectivity index (χ0) is 19.8. The minimum absolute atomic E-state index is 0.00669. The van der Waals surface area contributed by atoms with Gasteiger partial charge in [-0.05, 0) is 54.9 Å². The summed E-state index contributed by atoms with van der Waals surface area (Å²) in [5.74, 6) is -0.240. The lowest BCUT2D eigenvalue weighted by Crippen LogP contribution is -2.65. The molecule has 0 aromatic rings. The number of fused-ring (bicyclic) bond motifs is 5. The van der Waals surface area contributed by atoms with E-state index in [2.05, 4.69) is 0 Å². The highest BCUT2D eigenvalue weighted by atomic mass is 16.4. The number of hydrogen-bond donors (Lipinski definition) is 5. The van der Waals surface area contributed by atoms with E-state index in [1.807, 2.05) is 19.9 Å². The topological polar surface area (TPSA) is 118 Å². The van der Waals surface area contributed by atoms with E-state index in [9.17, 15) is 30.3 Å². The molecule has 10 atom stereocenters. The highest BCUT2D eigenvalue weighted by molar-refractivity contribution is 5.91. The van der Waals surface area contributed by atoms with Gasteiger partial charge < -0.3 is 25.5 Å². The molecule has 3 saturated carbocycles. The summed E-state index contributed by atoms with van der Waals surface area (Å²) in [7, 11) is 0. The molecule has 0 spiro atoms. The van der Waals surface area contributed by atoms with Crippen LogP contribution in [0.5, 0.6) is 0 Å². The molecule has 4 rings (SSSR count). The number of carbonyl (C=O) groups is 1. The third-order valence-corrected chi connectivity index (χ3v) is 8.94. The van der Waals surface area contributed by atoms with Crippen LogP contribution >= 0.6 is 0 Å². The molecule has 4 aliphatic rings. The molecule has 152 valence electrons. The Hall–Kier alpha value is -0.790. The number of ketones is 1. The molecule has 6 nitrogen and oxygen atoms in total. The van der Waals surface area contributed by atoms with Crippen LogP contribution < -0.4 is 0 Å². The fourth-order valence-corrected chi connectivity index (χ4v) is 7.55. The summed E-state index contributed by atoms with van der Waals surface area (Å²) < 4.78 is 0. The average molecular weight is 380 g/mol. The zero-order valence-corrected chi connectivity index (χ0v) is 16.1. The summed E-state index contributed by atoms with van der Waals surface area (Å²) >= 11 is 0. The quantitative estimate of drug-likeness (QED) is 0.473. The second-order valence-corrected chi connectivity index (χ2v) is 9.93. The van der Waals surface area contributed by atoms with E-state index < -0.39 is 41.3 Å². The SMILES string of the molecule is C[C@]12C=CC(=O)CC1[C@H](O)C[C@@H]1[C@@H]2[C@@H](O)C[C@@]2(C)[C@H]1CC[C@]2(O)[C@@H](O)CO. The van der Waals surface area contributed by atoms with Crippen LogP contribution in [0.1, 0.15) is 46.0 Å². The van der Waals surface area contributed by atoms with Gasteiger partial charge in [0.25, 0.3) is 0 Å². The van der Waals surface area contributed by atoms with E-state index in [-0.39, 0.29) is 29.5 Å². The van der Waals surface area contributed by atoms with Gasteiger partial charge in [-0.15, -0.1) is 0 Å². The summed E-state index contributed by atoms with van der Waals surface area (Å²) in [6, 6.07) is 0. The van der Waals surface area contributed by atoms with Crippen LogP contribution in [0.25, 0.3) is 0 Å². The van der Waals surface area contributed by atoms with Gasteiger partial charge in [0, 0.05) is 17.8 Å². The van der Waals surface area contributed by atoms with Crippen molar-refractivity contribution in [3.63, 3.8) is 0 Å². The van der Waals surface area contributed by atoms with Gasteiger partial charge in [-0.25, -0.2) is 0 Å². The van der Waals surface area contributed by atoms with Crippen LogP contribution in [0.3, 0.4) is 0 Å². The molecule has 0 aromatic carbocycles. The molecule has 4 aliphatic carbocycles. The molecule has 27 heavy (non-hydrogen) atoms. The Morgan fingerprint density at radius 2 is 1.93 bits per heavy atom. The van der Waals surface area contributed by atoms with E-state index in [0.717, 1.165) is 0 Å². The predicted molar refractivity (Wildman–Crippen MR) is 97.5 cm³/mol. The van der Waals surface area contributed by atoms with Crippen LogP contribution in [-0.2, 0) is 4.79 Å². The fraction of sp³-hybridized carbons (Fsp3) is 0.857. The monoisotopic (exact) mass is 380 g/mol. The van der Waals surface area contributed by atoms with Crippen molar-refractivity contribution in [1.29, 1.82) is 0 Å². The van der Waals surface area contributed by atoms with Crippen molar-refractivity contribution >= 4 is 5.78 Å². The molecule has 0 heterocycles. The first kappa shape index (κ1) is 19.5. The minimum atomic E-state index is -1.44. The number of carbonyl (C=O) groups excluding carboxylic acids is 1. The molecule has 5 N–H and O–H groups in total. The van der Waals surface area contributed by atoms with E-state index in [1.165, 1.54) is 0 Å². The van der Waals surface area contributed by atoms with Crippen LogP contribution in [0, 0.1) is 34.5 Å². The number of aliphatic hydroxyl groups is 5. The molecule has 1 unspecified atom stereocenters. The standard InChI is InChI=1S/C21H32O6/c1-19-5-3-11(23)7-14(19)15(24)8-12-13-4-6-21(27,17(26)10-22)20(13,2)9-16(25)18(12)19/h3,5,12-18,22,24-27H,4,6-10H2,1-2H3/t12-,13-,14?,15+,16-,17-,18+,19-,20-,21-/m0/s1. The minimum Gasteiger partial charge on any atom is -0.394 e. The Balaban J connectivity index is 1.75. The van der Waals surface area contributed by atoms with E-state index in [0.29, 0.717) is 32.1 Å². The summed E-state index contributed by atoms with van der Waals surface area (Å²) in [6.07, 6.45) is 3.09. The van der Waals surface area contributed by atoms with Crippen molar-refractivity contribution in [2.75, 3.05) is 6.61 Å². The predicted octanol–water partition coefficient (Wildman–Crippen LogP) is 0.400. The number of aliphatic hydroxyl groups excluding tert-OH is 4. The van der Waals surface area contributed by atoms with Crippen molar-refractivity contribution < 1.29 is 30.3 Å². The Kier molecular flexibility index (Phi) is 4.41. The molecular weight excluding hydrogens is 348 g/mol. The van der Waals surface area contributed by atoms with Gasteiger partial charge in [-0.3, -0.25) is 4.79 Å². The van der Waals surface area contributed by atoms with Gasteiger partial charge in [0.15, 0.2) is 5.78 Å². The first-order chi connectivity index (χ1) is 12.6. The lowest BCUT2D eigenvalue weighted by atomic mass is 9.44. The molecule has 0 saturated heterocycles. The van der Waals surface area contributed by atoms with Crippen LogP contribution in [0.4, 0.5) is 0 Å². The maximum Gasteiger partial charge on any atom is 0.155 e. The van der Waals surface area contributed by atoms with Crippen molar-refractivity contribution in [1.82, 2.24) is 0 Å². The van der Waals surface area contributed by atoms with Crippen molar-refractivity contribution in [3.05, 3.63) is 12.2 Å². The lowest BCUT2D eigenvalue weighted by Gasteiger charge is -2.62. The van der Waals surface area contributed by atoms with E-state index >= 15 is 0 Å². The third-order valence-electron chi connectivity index (χ3n) is 8.94. The molecular formula is C21H32O6. The average Bonchev–Trinajstić information content (AvgIpc) is 2.87. The maximum absolute atomic E-state index is 11.9. The van der Waals surface area contributed by atoms with Gasteiger partial charge in [0.2, 0.25) is 0 Å². The van der Waals surface area contributed by atoms with Crippen LogP contribution in [-0.4, -0.2) is 61.8 Å². The normalized spacial score (nSPS) is 55.6. The Morgan fingerprint density at radius 1 is 1.22 bits per heavy atom. The summed E-state index contributed by atoms with van der Waals surface area (Å²) in [5.41, 5.74) is -2.64. The van der Waals surface area contributed by atoms with Crippen LogP contribution in [0.15, 0.2) is 12.2 Å². The van der Waals surface area contributed by atoms with Crippen molar-refractivity contribution in [2.24, 2.45) is 34.5 Å². The largest absolute Gasteiger partial charge is 0.394 e. The summed E-state index contributed by atoms with van der Waals surface area (Å²) in [6.45, 7) is 3.43. The molecule has 6 heteroatoms. The summed E-state index contributed by atoms with van der Waals surface area (Å²) in [5, 5.41) is 53.2. The van der Waals surface area contributed by atoms with Crippen molar-refractivity contribution in [2.45, 2.75) is 69.9 Å². The fourth-order valence-electron chi connectivity index (χ4n) is 7.55. The summed E-state index contributed by atoms with van der Waals surface area (Å²) in [4.78, 5) is 11.9. The van der Waals surface area contributed by atoms with Gasteiger partial charge in [-0.1, -0.05) is 19.9 Å². The van der Waals surface area contributed by atoms with Gasteiger partial charge in [0.1, 0.15) is 6.10 Å². The van der Waals surface area contributed by atoms with Gasteiger partial charge in [0.05, 0.1) is 24.4 Å².